The van der Waals surface area contributed by atoms with Crippen molar-refractivity contribution in [2.24, 2.45) is 5.92 Å². The van der Waals surface area contributed by atoms with Gasteiger partial charge in [0.05, 0.1) is 45.4 Å². The first-order valence-electron chi connectivity index (χ1n) is 26.6. The van der Waals surface area contributed by atoms with E-state index in [9.17, 15) is 38.4 Å². The van der Waals surface area contributed by atoms with Crippen LogP contribution in [0.1, 0.15) is 210 Å². The van der Waals surface area contributed by atoms with Crippen LogP contribution in [-0.2, 0) is 71.5 Å². The number of aliphatic carboxylic acids is 1. The molecule has 418 valence electrons. The minimum Gasteiger partial charge on any atom is -0.480 e. The molecular formula is C54H96N2O16. The van der Waals surface area contributed by atoms with E-state index in [1.54, 1.807) is 41.5 Å². The Morgan fingerprint density at radius 3 is 1.42 bits per heavy atom. The third-order valence-corrected chi connectivity index (χ3v) is 10.6. The molecule has 0 aliphatic rings. The van der Waals surface area contributed by atoms with E-state index in [-0.39, 0.29) is 109 Å². The zero-order valence-corrected chi connectivity index (χ0v) is 45.9. The van der Waals surface area contributed by atoms with Crippen molar-refractivity contribution in [1.82, 2.24) is 10.6 Å². The van der Waals surface area contributed by atoms with Crippen LogP contribution in [0, 0.1) is 5.92 Å². The van der Waals surface area contributed by atoms with Crippen LogP contribution < -0.4 is 10.6 Å². The lowest BCUT2D eigenvalue weighted by molar-refractivity contribution is -0.161. The van der Waals surface area contributed by atoms with Crippen LogP contribution in [0.25, 0.3) is 0 Å². The Labute approximate surface area is 431 Å². The average molecular weight is 1030 g/mol. The highest BCUT2D eigenvalue weighted by Crippen LogP contribution is 2.22. The Balaban J connectivity index is 4.67. The Bertz CT molecular complexity index is 1550. The number of esters is 3. The lowest BCUT2D eigenvalue weighted by atomic mass is 9.94. The number of carbonyl (C=O) groups is 8. The molecule has 0 fully saturated rings. The van der Waals surface area contributed by atoms with E-state index in [4.69, 9.17) is 38.3 Å². The van der Waals surface area contributed by atoms with Gasteiger partial charge in [-0.2, -0.15) is 0 Å². The van der Waals surface area contributed by atoms with E-state index in [0.717, 1.165) is 44.9 Å². The van der Waals surface area contributed by atoms with Gasteiger partial charge in [-0.15, -0.1) is 0 Å². The molecule has 0 heterocycles. The van der Waals surface area contributed by atoms with Crippen molar-refractivity contribution in [2.45, 2.75) is 233 Å². The molecule has 0 saturated carbocycles. The average Bonchev–Trinajstić information content (AvgIpc) is 3.24. The number of rotatable bonds is 45. The minimum atomic E-state index is -1.05. The first-order chi connectivity index (χ1) is 33.8. The van der Waals surface area contributed by atoms with Gasteiger partial charge in [0.25, 0.3) is 0 Å². The highest BCUT2D eigenvalue weighted by Gasteiger charge is 2.29. The second kappa shape index (κ2) is 40.4. The summed E-state index contributed by atoms with van der Waals surface area (Å²) < 4.78 is 37.5. The maximum absolute atomic E-state index is 13.3. The number of unbranched alkanes of at least 4 members (excludes halogenated alkanes) is 13. The van der Waals surface area contributed by atoms with Gasteiger partial charge in [0.2, 0.25) is 11.8 Å². The molecule has 3 N–H and O–H groups in total. The molecule has 0 aliphatic heterocycles. The summed E-state index contributed by atoms with van der Waals surface area (Å²) in [7, 11) is 0. The summed E-state index contributed by atoms with van der Waals surface area (Å²) in [6.45, 7) is 16.9. The summed E-state index contributed by atoms with van der Waals surface area (Å²) in [6.07, 6.45) is 16.4. The van der Waals surface area contributed by atoms with Crippen molar-refractivity contribution in [1.29, 1.82) is 0 Å². The van der Waals surface area contributed by atoms with Gasteiger partial charge in [-0.25, -0.2) is 4.79 Å². The first-order valence-corrected chi connectivity index (χ1v) is 26.6. The van der Waals surface area contributed by atoms with Crippen LogP contribution in [0.5, 0.6) is 0 Å². The summed E-state index contributed by atoms with van der Waals surface area (Å²) in [4.78, 5) is 99.6. The predicted molar refractivity (Wildman–Crippen MR) is 273 cm³/mol. The van der Waals surface area contributed by atoms with E-state index >= 15 is 0 Å². The second-order valence-electron chi connectivity index (χ2n) is 21.5. The molecule has 72 heavy (non-hydrogen) atoms. The Morgan fingerprint density at radius 1 is 0.431 bits per heavy atom. The van der Waals surface area contributed by atoms with Crippen LogP contribution in [-0.4, -0.2) is 135 Å². The van der Waals surface area contributed by atoms with Crippen molar-refractivity contribution >= 4 is 47.3 Å². The fourth-order valence-corrected chi connectivity index (χ4v) is 7.32. The van der Waals surface area contributed by atoms with Gasteiger partial charge in [0.15, 0.2) is 5.78 Å². The van der Waals surface area contributed by atoms with E-state index in [1.807, 2.05) is 20.8 Å². The molecule has 0 aromatic rings. The quantitative estimate of drug-likeness (QED) is 0.0294. The zero-order chi connectivity index (χ0) is 54.3. The molecular weight excluding hydrogens is 933 g/mol. The number of hydrogen-bond donors (Lipinski definition) is 3. The van der Waals surface area contributed by atoms with E-state index in [1.165, 1.54) is 44.9 Å². The van der Waals surface area contributed by atoms with Crippen molar-refractivity contribution < 1.29 is 76.6 Å². The van der Waals surface area contributed by atoms with Gasteiger partial charge in [-0.1, -0.05) is 77.0 Å². The summed E-state index contributed by atoms with van der Waals surface area (Å²) in [5, 5.41) is 14.0. The number of Topliss-reactive ketones (excluding diaryl/α,β-unsaturated/α-hetero) is 2. The van der Waals surface area contributed by atoms with Gasteiger partial charge in [-0.05, 0) is 88.0 Å². The topological polar surface area (TPSA) is 245 Å². The highest BCUT2D eigenvalue weighted by molar-refractivity contribution is 5.86. The Hall–Kier alpha value is -4.00. The van der Waals surface area contributed by atoms with Gasteiger partial charge in [-0.3, -0.25) is 33.6 Å². The summed E-state index contributed by atoms with van der Waals surface area (Å²) in [5.41, 5.74) is -2.00. The van der Waals surface area contributed by atoms with Crippen LogP contribution in [0.2, 0.25) is 0 Å². The smallest absolute Gasteiger partial charge is 0.329 e. The number of carbonyl (C=O) groups excluding carboxylic acids is 7. The van der Waals surface area contributed by atoms with E-state index in [0.29, 0.717) is 25.9 Å². The second-order valence-corrected chi connectivity index (χ2v) is 21.5. The molecule has 18 heteroatoms. The first kappa shape index (κ1) is 68.0. The molecule has 0 spiro atoms. The van der Waals surface area contributed by atoms with Crippen LogP contribution in [0.4, 0.5) is 0 Å². The summed E-state index contributed by atoms with van der Waals surface area (Å²) in [5.74, 6) is -4.24. The summed E-state index contributed by atoms with van der Waals surface area (Å²) >= 11 is 0. The molecule has 0 aliphatic carbocycles. The summed E-state index contributed by atoms with van der Waals surface area (Å²) in [6, 6.07) is -0.907. The van der Waals surface area contributed by atoms with Crippen molar-refractivity contribution in [3.05, 3.63) is 0 Å². The SMILES string of the molecule is CC(C)(C)OC(=O)CCCCCCCCCCCCCCCCC(=O)C[C@@H](CCC(=O)NC(CC(=O)NCCOCCOCC(=O)CCCOCCOCC(=O)O)CC(=O)OC(C)(C)C)C(=O)OC(C)(C)C. The molecule has 18 nitrogen and oxygen atoms in total. The highest BCUT2D eigenvalue weighted by atomic mass is 16.6. The molecule has 2 amide bonds. The number of ketones is 2. The van der Waals surface area contributed by atoms with Gasteiger partial charge < -0.3 is 48.9 Å². The van der Waals surface area contributed by atoms with Crippen LogP contribution in [0.15, 0.2) is 0 Å². The monoisotopic (exact) mass is 1030 g/mol. The number of amides is 2. The molecule has 0 saturated heterocycles. The normalized spacial score (nSPS) is 12.7. The van der Waals surface area contributed by atoms with Gasteiger partial charge in [0.1, 0.15) is 35.8 Å². The van der Waals surface area contributed by atoms with Gasteiger partial charge >= 0.3 is 23.9 Å². The van der Waals surface area contributed by atoms with Crippen LogP contribution in [0.3, 0.4) is 0 Å². The standard InChI is InChI=1S/C54H96N2O16/c1-52(2,3)70-49(63)27-23-21-19-17-15-13-11-10-12-14-16-18-20-22-25-44(57)37-42(51(65)72-54(7,8)9)28-29-46(59)56-43(39-50(64)71-53(4,5)6)38-47(60)55-30-32-67-34-35-68-40-45(58)26-24-31-66-33-36-69-41-48(61)62/h42-43H,10-41H2,1-9H3,(H,55,60)(H,56,59)(H,61,62)/t42-,43?/m1/s1. The number of ether oxygens (including phenoxy) is 7. The molecule has 0 radical (unpaired) electrons. The minimum absolute atomic E-state index is 0.0438. The number of carboxylic acids is 1. The lowest BCUT2D eigenvalue weighted by Crippen LogP contribution is -2.42. The number of carboxylic acid groups (broad SMARTS) is 1. The van der Waals surface area contributed by atoms with Crippen molar-refractivity contribution in [2.75, 3.05) is 59.4 Å². The maximum atomic E-state index is 13.3. The largest absolute Gasteiger partial charge is 0.480 e. The third kappa shape index (κ3) is 47.0. The van der Waals surface area contributed by atoms with Gasteiger partial charge in [0, 0.05) is 57.7 Å². The molecule has 0 bridgehead atoms. The predicted octanol–water partition coefficient (Wildman–Crippen LogP) is 8.49. The molecule has 0 aromatic carbocycles. The molecule has 0 aromatic heterocycles. The third-order valence-electron chi connectivity index (χ3n) is 10.6. The fraction of sp³-hybridized carbons (Fsp3) is 0.852. The number of nitrogens with one attached hydrogen (secondary N) is 2. The van der Waals surface area contributed by atoms with Crippen molar-refractivity contribution in [3.63, 3.8) is 0 Å². The van der Waals surface area contributed by atoms with E-state index in [2.05, 4.69) is 10.6 Å². The number of hydrogen-bond acceptors (Lipinski definition) is 15. The zero-order valence-electron chi connectivity index (χ0n) is 45.9. The fourth-order valence-electron chi connectivity index (χ4n) is 7.32. The molecule has 1 unspecified atom stereocenters. The molecule has 0 rings (SSSR count). The Kier molecular flexibility index (Phi) is 38.2. The maximum Gasteiger partial charge on any atom is 0.329 e. The Morgan fingerprint density at radius 2 is 0.889 bits per heavy atom. The van der Waals surface area contributed by atoms with Crippen molar-refractivity contribution in [3.8, 4) is 0 Å². The molecule has 2 atom stereocenters. The van der Waals surface area contributed by atoms with E-state index < -0.39 is 58.5 Å². The van der Waals surface area contributed by atoms with Crippen LogP contribution >= 0.6 is 0 Å². The lowest BCUT2D eigenvalue weighted by Gasteiger charge is -2.24.